The van der Waals surface area contributed by atoms with Crippen molar-refractivity contribution in [3.05, 3.63) is 78.5 Å². The fourth-order valence-electron chi connectivity index (χ4n) is 3.86. The summed E-state index contributed by atoms with van der Waals surface area (Å²) in [5, 5.41) is 6.62. The summed E-state index contributed by atoms with van der Waals surface area (Å²) in [6.07, 6.45) is 6.01. The predicted octanol–water partition coefficient (Wildman–Crippen LogP) is 7.20. The smallest absolute Gasteiger partial charge is 0.0563 e. The molecule has 25 heavy (non-hydrogen) atoms. The zero-order valence-electron chi connectivity index (χ0n) is 14.0. The van der Waals surface area contributed by atoms with Crippen LogP contribution in [0.3, 0.4) is 0 Å². The Kier molecular flexibility index (Phi) is 3.09. The molecule has 1 nitrogen and oxygen atoms in total. The summed E-state index contributed by atoms with van der Waals surface area (Å²) in [6.45, 7) is 5.97. The number of rotatable bonds is 2. The van der Waals surface area contributed by atoms with E-state index in [9.17, 15) is 0 Å². The SMILES string of the molecule is C=C/C=C\c1c(C)[nH]c2c1c1ccccc1c1sc3ccccc3c21. The number of nitrogens with one attached hydrogen (secondary N) is 1. The minimum absolute atomic E-state index is 1.20. The molecular weight excluding hydrogens is 322 g/mol. The quantitative estimate of drug-likeness (QED) is 0.327. The minimum Gasteiger partial charge on any atom is -0.358 e. The number of benzene rings is 3. The van der Waals surface area contributed by atoms with Gasteiger partial charge in [0.25, 0.3) is 0 Å². The molecule has 0 spiro atoms. The van der Waals surface area contributed by atoms with Crippen LogP contribution >= 0.6 is 11.3 Å². The summed E-state index contributed by atoms with van der Waals surface area (Å²) < 4.78 is 2.70. The zero-order chi connectivity index (χ0) is 17.0. The van der Waals surface area contributed by atoms with Crippen LogP contribution < -0.4 is 0 Å². The van der Waals surface area contributed by atoms with Gasteiger partial charge < -0.3 is 4.98 Å². The molecule has 120 valence electrons. The number of H-pyrrole nitrogens is 1. The second-order valence-corrected chi connectivity index (χ2v) is 7.41. The summed E-state index contributed by atoms with van der Waals surface area (Å²) in [6, 6.07) is 17.4. The Hall–Kier alpha value is -2.84. The zero-order valence-corrected chi connectivity index (χ0v) is 14.8. The van der Waals surface area contributed by atoms with E-state index >= 15 is 0 Å². The molecule has 3 aromatic carbocycles. The Balaban J connectivity index is 2.14. The molecule has 5 aromatic rings. The molecule has 0 fully saturated rings. The highest BCUT2D eigenvalue weighted by Crippen LogP contribution is 2.45. The van der Waals surface area contributed by atoms with Crippen LogP contribution in [-0.4, -0.2) is 4.98 Å². The number of aryl methyl sites for hydroxylation is 1. The van der Waals surface area contributed by atoms with Crippen LogP contribution in [0.5, 0.6) is 0 Å². The van der Waals surface area contributed by atoms with Crippen molar-refractivity contribution in [1.29, 1.82) is 0 Å². The first-order valence-corrected chi connectivity index (χ1v) is 9.24. The topological polar surface area (TPSA) is 15.8 Å². The molecule has 0 amide bonds. The van der Waals surface area contributed by atoms with Crippen LogP contribution in [0.25, 0.3) is 47.9 Å². The van der Waals surface area contributed by atoms with Crippen LogP contribution in [0.15, 0.2) is 67.3 Å². The number of aromatic amines is 1. The Bertz CT molecular complexity index is 1310. The second kappa shape index (κ2) is 5.33. The lowest BCUT2D eigenvalue weighted by molar-refractivity contribution is 1.30. The molecule has 5 rings (SSSR count). The molecule has 2 heterocycles. The lowest BCUT2D eigenvalue weighted by Gasteiger charge is -2.04. The van der Waals surface area contributed by atoms with Crippen LogP contribution in [0.4, 0.5) is 0 Å². The molecule has 0 aliphatic carbocycles. The van der Waals surface area contributed by atoms with Gasteiger partial charge in [-0.25, -0.2) is 0 Å². The third-order valence-electron chi connectivity index (χ3n) is 4.92. The highest BCUT2D eigenvalue weighted by molar-refractivity contribution is 7.27. The minimum atomic E-state index is 1.20. The van der Waals surface area contributed by atoms with Gasteiger partial charge in [-0.05, 0) is 18.4 Å². The summed E-state index contributed by atoms with van der Waals surface area (Å²) in [4.78, 5) is 3.67. The normalized spacial score (nSPS) is 12.2. The molecule has 0 bridgehead atoms. The largest absolute Gasteiger partial charge is 0.358 e. The van der Waals surface area contributed by atoms with Gasteiger partial charge in [-0.3, -0.25) is 0 Å². The van der Waals surface area contributed by atoms with Gasteiger partial charge in [0.05, 0.1) is 5.52 Å². The molecule has 0 aliphatic rings. The first kappa shape index (κ1) is 14.5. The molecule has 0 saturated heterocycles. The highest BCUT2D eigenvalue weighted by atomic mass is 32.1. The van der Waals surface area contributed by atoms with Crippen molar-refractivity contribution in [1.82, 2.24) is 4.98 Å². The Morgan fingerprint density at radius 2 is 1.64 bits per heavy atom. The number of thiophene rings is 1. The van der Waals surface area contributed by atoms with Gasteiger partial charge in [-0.1, -0.05) is 67.3 Å². The van der Waals surface area contributed by atoms with E-state index in [0.29, 0.717) is 0 Å². The monoisotopic (exact) mass is 339 g/mol. The molecule has 0 saturated carbocycles. The van der Waals surface area contributed by atoms with E-state index in [0.717, 1.165) is 0 Å². The molecule has 0 unspecified atom stereocenters. The molecule has 0 aliphatic heterocycles. The second-order valence-electron chi connectivity index (χ2n) is 6.36. The van der Waals surface area contributed by atoms with Gasteiger partial charge in [0.2, 0.25) is 0 Å². The van der Waals surface area contributed by atoms with Gasteiger partial charge in [0, 0.05) is 42.2 Å². The van der Waals surface area contributed by atoms with Crippen molar-refractivity contribution < 1.29 is 0 Å². The maximum Gasteiger partial charge on any atom is 0.0563 e. The summed E-state index contributed by atoms with van der Waals surface area (Å²) in [7, 11) is 0. The summed E-state index contributed by atoms with van der Waals surface area (Å²) in [5.41, 5.74) is 3.69. The molecule has 2 heteroatoms. The van der Waals surface area contributed by atoms with E-state index in [1.54, 1.807) is 0 Å². The third kappa shape index (κ3) is 1.95. The van der Waals surface area contributed by atoms with Crippen molar-refractivity contribution in [2.24, 2.45) is 0 Å². The van der Waals surface area contributed by atoms with Crippen molar-refractivity contribution in [2.75, 3.05) is 0 Å². The number of allylic oxidation sites excluding steroid dienone is 2. The maximum absolute atomic E-state index is 3.82. The van der Waals surface area contributed by atoms with Crippen molar-refractivity contribution >= 4 is 59.3 Å². The molecule has 0 atom stereocenters. The number of hydrogen-bond donors (Lipinski definition) is 1. The van der Waals surface area contributed by atoms with Crippen LogP contribution in [0.1, 0.15) is 11.3 Å². The number of hydrogen-bond acceptors (Lipinski definition) is 1. The van der Waals surface area contributed by atoms with E-state index < -0.39 is 0 Å². The van der Waals surface area contributed by atoms with E-state index in [-0.39, 0.29) is 0 Å². The lowest BCUT2D eigenvalue weighted by atomic mass is 9.98. The van der Waals surface area contributed by atoms with Crippen LogP contribution in [0, 0.1) is 6.92 Å². The summed E-state index contributed by atoms with van der Waals surface area (Å²) >= 11 is 1.88. The standard InChI is InChI=1S/C23H17NS/c1-3-4-9-15-14(2)24-22-20(15)16-10-5-6-11-17(16)23-21(22)18-12-7-8-13-19(18)25-23/h3-13,24H,1H2,2H3/b9-4-. The van der Waals surface area contributed by atoms with E-state index in [2.05, 4.69) is 73.1 Å². The summed E-state index contributed by atoms with van der Waals surface area (Å²) in [5.74, 6) is 0. The van der Waals surface area contributed by atoms with Crippen molar-refractivity contribution in [2.45, 2.75) is 6.92 Å². The first-order valence-electron chi connectivity index (χ1n) is 8.43. The number of fused-ring (bicyclic) bond motifs is 8. The van der Waals surface area contributed by atoms with Crippen molar-refractivity contribution in [3.63, 3.8) is 0 Å². The average molecular weight is 339 g/mol. The molecule has 0 radical (unpaired) electrons. The van der Waals surface area contributed by atoms with Gasteiger partial charge in [0.1, 0.15) is 0 Å². The van der Waals surface area contributed by atoms with Gasteiger partial charge in [0.15, 0.2) is 0 Å². The maximum atomic E-state index is 3.82. The molecule has 1 N–H and O–H groups in total. The predicted molar refractivity (Wildman–Crippen MR) is 113 cm³/mol. The van der Waals surface area contributed by atoms with Gasteiger partial charge >= 0.3 is 0 Å². The van der Waals surface area contributed by atoms with E-state index in [1.165, 1.54) is 53.1 Å². The average Bonchev–Trinajstić information content (AvgIpc) is 3.18. The third-order valence-corrected chi connectivity index (χ3v) is 6.13. The Morgan fingerprint density at radius 3 is 2.44 bits per heavy atom. The van der Waals surface area contributed by atoms with Crippen LogP contribution in [0.2, 0.25) is 0 Å². The molecule has 2 aromatic heterocycles. The lowest BCUT2D eigenvalue weighted by Crippen LogP contribution is -1.79. The number of aromatic nitrogens is 1. The first-order chi connectivity index (χ1) is 12.3. The fourth-order valence-corrected chi connectivity index (χ4v) is 5.11. The van der Waals surface area contributed by atoms with E-state index in [1.807, 2.05) is 23.5 Å². The van der Waals surface area contributed by atoms with E-state index in [4.69, 9.17) is 0 Å². The fraction of sp³-hybridized carbons (Fsp3) is 0.0435. The van der Waals surface area contributed by atoms with Gasteiger partial charge in [-0.2, -0.15) is 0 Å². The Morgan fingerprint density at radius 1 is 0.920 bits per heavy atom. The highest BCUT2D eigenvalue weighted by Gasteiger charge is 2.17. The molecular formula is C23H17NS. The van der Waals surface area contributed by atoms with Crippen LogP contribution in [-0.2, 0) is 0 Å². The van der Waals surface area contributed by atoms with Crippen molar-refractivity contribution in [3.8, 4) is 0 Å². The van der Waals surface area contributed by atoms with Gasteiger partial charge in [-0.15, -0.1) is 11.3 Å². The Labute approximate surface area is 149 Å².